The van der Waals surface area contributed by atoms with Crippen LogP contribution in [-0.4, -0.2) is 105 Å². The van der Waals surface area contributed by atoms with Crippen LogP contribution in [-0.2, 0) is 17.8 Å². The largest absolute Gasteiger partial charge is 0.341 e. The lowest BCUT2D eigenvalue weighted by atomic mass is 9.98. The highest BCUT2D eigenvalue weighted by atomic mass is 35.5. The van der Waals surface area contributed by atoms with Crippen molar-refractivity contribution >= 4 is 46.3 Å². The maximum absolute atomic E-state index is 14.1. The number of piperidine rings is 3. The van der Waals surface area contributed by atoms with Crippen LogP contribution in [0.15, 0.2) is 41.2 Å². The summed E-state index contributed by atoms with van der Waals surface area (Å²) >= 11 is 6.50. The number of carbonyl (C=O) groups is 3. The zero-order valence-electron chi connectivity index (χ0n) is 26.6. The van der Waals surface area contributed by atoms with Gasteiger partial charge in [0.05, 0.1) is 16.1 Å². The summed E-state index contributed by atoms with van der Waals surface area (Å²) in [7, 11) is 0. The number of hydrogen-bond donors (Lipinski definition) is 4. The Hall–Kier alpha value is -4.03. The van der Waals surface area contributed by atoms with Crippen LogP contribution in [0.1, 0.15) is 56.1 Å². The van der Waals surface area contributed by atoms with Crippen molar-refractivity contribution in [2.75, 3.05) is 44.6 Å². The first-order chi connectivity index (χ1) is 22.8. The molecule has 0 radical (unpaired) electrons. The Bertz CT molecular complexity index is 1680. The Labute approximate surface area is 278 Å². The van der Waals surface area contributed by atoms with E-state index >= 15 is 0 Å². The first-order valence-electron chi connectivity index (χ1n) is 17.0. The number of aromatic nitrogens is 2. The minimum Gasteiger partial charge on any atom is -0.341 e. The van der Waals surface area contributed by atoms with E-state index in [1.807, 2.05) is 34.1 Å². The van der Waals surface area contributed by atoms with Crippen LogP contribution in [0.5, 0.6) is 0 Å². The van der Waals surface area contributed by atoms with Crippen molar-refractivity contribution in [3.05, 3.63) is 63.0 Å². The predicted octanol–water partition coefficient (Wildman–Crippen LogP) is 4.12. The summed E-state index contributed by atoms with van der Waals surface area (Å²) in [6.45, 7) is 5.08. The summed E-state index contributed by atoms with van der Waals surface area (Å²) in [5.74, 6) is -0.104. The molecule has 0 spiro atoms. The number of carbonyl (C=O) groups excluding carboxylic acids is 3. The minimum atomic E-state index is -0.796. The zero-order valence-corrected chi connectivity index (χ0v) is 27.4. The van der Waals surface area contributed by atoms with E-state index in [-0.39, 0.29) is 36.1 Å². The molecule has 3 saturated heterocycles. The van der Waals surface area contributed by atoms with Gasteiger partial charge in [-0.3, -0.25) is 4.79 Å². The van der Waals surface area contributed by atoms with E-state index in [1.165, 1.54) is 19.3 Å². The Morgan fingerprint density at radius 1 is 0.872 bits per heavy atom. The molecule has 7 rings (SSSR count). The standard InChI is InChI=1S/C34H43ClN8O4/c35-26-18-22(19-28-30(26)39-32(45)36-28)20-29(31(44)41-14-8-24(9-15-41)40-12-4-1-5-13-40)38-33(46)42-16-10-25(11-17-42)43-21-23-6-2-3-7-27(23)37-34(43)47/h2-3,6-7,18-19,24-25,29H,1,4-5,8-17,20-21H2,(H,37,47)(H,38,46)(H2,36,39,45). The molecule has 3 fully saturated rings. The Morgan fingerprint density at radius 3 is 2.34 bits per heavy atom. The topological polar surface area (TPSA) is 137 Å². The number of fused-ring (bicyclic) bond motifs is 2. The van der Waals surface area contributed by atoms with E-state index in [1.54, 1.807) is 17.0 Å². The number of rotatable bonds is 6. The fraction of sp³-hybridized carbons (Fsp3) is 0.529. The van der Waals surface area contributed by atoms with Gasteiger partial charge in [0, 0.05) is 56.9 Å². The number of likely N-dealkylation sites (tertiary alicyclic amines) is 3. The molecule has 13 heteroatoms. The third-order valence-electron chi connectivity index (χ3n) is 10.4. The van der Waals surface area contributed by atoms with E-state index in [0.29, 0.717) is 67.7 Å². The van der Waals surface area contributed by atoms with Gasteiger partial charge in [0.25, 0.3) is 0 Å². The van der Waals surface area contributed by atoms with Crippen molar-refractivity contribution in [3.8, 4) is 0 Å². The molecule has 1 unspecified atom stereocenters. The van der Waals surface area contributed by atoms with Gasteiger partial charge in [-0.05, 0) is 80.9 Å². The highest BCUT2D eigenvalue weighted by molar-refractivity contribution is 6.35. The number of aromatic amines is 2. The number of imidazole rings is 1. The van der Waals surface area contributed by atoms with Crippen molar-refractivity contribution in [3.63, 3.8) is 0 Å². The lowest BCUT2D eigenvalue weighted by Crippen LogP contribution is -2.57. The van der Waals surface area contributed by atoms with E-state index in [4.69, 9.17) is 11.6 Å². The van der Waals surface area contributed by atoms with Crippen molar-refractivity contribution in [1.82, 2.24) is 34.9 Å². The normalized spacial score (nSPS) is 20.6. The first kappa shape index (κ1) is 31.6. The average molecular weight is 663 g/mol. The molecule has 0 aliphatic carbocycles. The van der Waals surface area contributed by atoms with Gasteiger partial charge in [-0.25, -0.2) is 14.4 Å². The second-order valence-corrected chi connectivity index (χ2v) is 13.8. The summed E-state index contributed by atoms with van der Waals surface area (Å²) in [5.41, 5.74) is 3.39. The quantitative estimate of drug-likeness (QED) is 0.315. The van der Waals surface area contributed by atoms with Gasteiger partial charge in [-0.2, -0.15) is 0 Å². The molecule has 2 aromatic carbocycles. The lowest BCUT2D eigenvalue weighted by Gasteiger charge is -2.42. The predicted molar refractivity (Wildman–Crippen MR) is 181 cm³/mol. The van der Waals surface area contributed by atoms with Gasteiger partial charge in [-0.1, -0.05) is 36.2 Å². The Kier molecular flexibility index (Phi) is 9.13. The molecule has 250 valence electrons. The molecule has 47 heavy (non-hydrogen) atoms. The van der Waals surface area contributed by atoms with E-state index < -0.39 is 6.04 Å². The molecular formula is C34H43ClN8O4. The molecule has 1 aromatic heterocycles. The maximum Gasteiger partial charge on any atom is 0.323 e. The smallest absolute Gasteiger partial charge is 0.323 e. The number of hydrogen-bond acceptors (Lipinski definition) is 5. The van der Waals surface area contributed by atoms with Crippen LogP contribution >= 0.6 is 11.6 Å². The summed E-state index contributed by atoms with van der Waals surface area (Å²) in [5, 5.41) is 6.43. The van der Waals surface area contributed by atoms with Crippen LogP contribution in [0.2, 0.25) is 5.02 Å². The molecule has 12 nitrogen and oxygen atoms in total. The molecule has 3 aromatic rings. The highest BCUT2D eigenvalue weighted by Gasteiger charge is 2.35. The Balaban J connectivity index is 1.02. The number of benzene rings is 2. The number of urea groups is 2. The summed E-state index contributed by atoms with van der Waals surface area (Å²) in [6, 6.07) is 10.7. The Morgan fingerprint density at radius 2 is 1.57 bits per heavy atom. The minimum absolute atomic E-state index is 0.0170. The van der Waals surface area contributed by atoms with Crippen molar-refractivity contribution < 1.29 is 14.4 Å². The van der Waals surface area contributed by atoms with Crippen LogP contribution < -0.4 is 16.3 Å². The number of anilines is 1. The summed E-state index contributed by atoms with van der Waals surface area (Å²) in [6.07, 6.45) is 7.17. The monoisotopic (exact) mass is 662 g/mol. The van der Waals surface area contributed by atoms with Crippen LogP contribution in [0.3, 0.4) is 0 Å². The van der Waals surface area contributed by atoms with Crippen LogP contribution in [0, 0.1) is 0 Å². The second kappa shape index (κ2) is 13.6. The summed E-state index contributed by atoms with van der Waals surface area (Å²) < 4.78 is 0. The first-order valence-corrected chi connectivity index (χ1v) is 17.3. The van der Waals surface area contributed by atoms with E-state index in [9.17, 15) is 19.2 Å². The van der Waals surface area contributed by atoms with Gasteiger partial charge < -0.3 is 40.2 Å². The van der Waals surface area contributed by atoms with Gasteiger partial charge in [0.2, 0.25) is 5.91 Å². The van der Waals surface area contributed by atoms with Gasteiger partial charge in [0.15, 0.2) is 0 Å². The molecule has 0 bridgehead atoms. The van der Waals surface area contributed by atoms with E-state index in [2.05, 4.69) is 25.5 Å². The fourth-order valence-corrected chi connectivity index (χ4v) is 8.09. The van der Waals surface area contributed by atoms with Crippen LogP contribution in [0.4, 0.5) is 15.3 Å². The number of nitrogens with one attached hydrogen (secondary N) is 4. The molecule has 4 aliphatic rings. The molecule has 0 saturated carbocycles. The van der Waals surface area contributed by atoms with Crippen molar-refractivity contribution in [1.29, 1.82) is 0 Å². The van der Waals surface area contributed by atoms with E-state index in [0.717, 1.165) is 42.7 Å². The molecule has 4 aliphatic heterocycles. The van der Waals surface area contributed by atoms with Crippen molar-refractivity contribution in [2.45, 2.75) is 76.0 Å². The number of para-hydroxylation sites is 1. The maximum atomic E-state index is 14.1. The lowest BCUT2D eigenvalue weighted by molar-refractivity contribution is -0.134. The highest BCUT2D eigenvalue weighted by Crippen LogP contribution is 2.28. The van der Waals surface area contributed by atoms with Crippen LogP contribution in [0.25, 0.3) is 11.0 Å². The number of nitrogens with zero attached hydrogens (tertiary/aromatic N) is 4. The molecular weight excluding hydrogens is 620 g/mol. The number of halogens is 1. The van der Waals surface area contributed by atoms with Gasteiger partial charge in [0.1, 0.15) is 6.04 Å². The molecule has 1 atom stereocenters. The van der Waals surface area contributed by atoms with Gasteiger partial charge in [-0.15, -0.1) is 0 Å². The van der Waals surface area contributed by atoms with Gasteiger partial charge >= 0.3 is 17.8 Å². The molecule has 5 amide bonds. The number of H-pyrrole nitrogens is 2. The van der Waals surface area contributed by atoms with Crippen molar-refractivity contribution in [2.24, 2.45) is 0 Å². The third-order valence-corrected chi connectivity index (χ3v) is 10.7. The molecule has 4 N–H and O–H groups in total. The summed E-state index contributed by atoms with van der Waals surface area (Å²) in [4.78, 5) is 66.1. The zero-order chi connectivity index (χ0) is 32.5. The fourth-order valence-electron chi connectivity index (χ4n) is 7.80. The average Bonchev–Trinajstić information content (AvgIpc) is 3.48. The SMILES string of the molecule is O=C(NC(Cc1cc(Cl)c2[nH]c(=O)[nH]c2c1)C(=O)N1CCC(N2CCCCC2)CC1)N1CCC(N2Cc3ccccc3NC2=O)CC1. The molecule has 5 heterocycles. The number of amides is 5. The second-order valence-electron chi connectivity index (χ2n) is 13.4. The third kappa shape index (κ3) is 6.85.